The highest BCUT2D eigenvalue weighted by molar-refractivity contribution is 5.92. The first-order chi connectivity index (χ1) is 13.3. The normalized spacial score (nSPS) is 14.5. The monoisotopic (exact) mass is 389 g/mol. The summed E-state index contributed by atoms with van der Waals surface area (Å²) in [5.41, 5.74) is 2.25. The fourth-order valence-corrected chi connectivity index (χ4v) is 3.41. The number of carbonyl (C=O) groups is 1. The zero-order valence-corrected chi connectivity index (χ0v) is 15.4. The van der Waals surface area contributed by atoms with Gasteiger partial charge in [-0.3, -0.25) is 0 Å². The number of nitrogens with zero attached hydrogens (tertiary/aromatic N) is 3. The van der Waals surface area contributed by atoms with Gasteiger partial charge in [-0.15, -0.1) is 0 Å². The molecular weight excluding hydrogens is 371 g/mol. The van der Waals surface area contributed by atoms with Crippen LogP contribution in [0.1, 0.15) is 53.0 Å². The van der Waals surface area contributed by atoms with Gasteiger partial charge in [0.25, 0.3) is 0 Å². The van der Waals surface area contributed by atoms with E-state index in [0.29, 0.717) is 33.7 Å². The van der Waals surface area contributed by atoms with Gasteiger partial charge >= 0.3 is 12.1 Å². The van der Waals surface area contributed by atoms with E-state index in [9.17, 15) is 18.0 Å². The molecule has 0 bridgehead atoms. The van der Waals surface area contributed by atoms with Crippen LogP contribution in [0.5, 0.6) is 0 Å². The van der Waals surface area contributed by atoms with E-state index in [2.05, 4.69) is 10.1 Å². The molecule has 3 aromatic rings. The van der Waals surface area contributed by atoms with Gasteiger partial charge in [0.2, 0.25) is 0 Å². The summed E-state index contributed by atoms with van der Waals surface area (Å²) in [7, 11) is 0. The summed E-state index contributed by atoms with van der Waals surface area (Å²) < 4.78 is 46.1. The summed E-state index contributed by atoms with van der Waals surface area (Å²) in [4.78, 5) is 16.7. The number of aromatic nitrogens is 3. The summed E-state index contributed by atoms with van der Waals surface area (Å²) >= 11 is 0. The highest BCUT2D eigenvalue weighted by Gasteiger charge is 2.34. The van der Waals surface area contributed by atoms with E-state index in [0.717, 1.165) is 25.0 Å². The molecule has 0 N–H and O–H groups in total. The Morgan fingerprint density at radius 1 is 1.32 bits per heavy atom. The Morgan fingerprint density at radius 2 is 2.07 bits per heavy atom. The van der Waals surface area contributed by atoms with Crippen molar-refractivity contribution in [3.8, 4) is 11.1 Å². The number of ether oxygens (including phenoxy) is 1. The first kappa shape index (κ1) is 18.5. The van der Waals surface area contributed by atoms with E-state index < -0.39 is 17.7 Å². The minimum Gasteiger partial charge on any atom is -0.462 e. The van der Waals surface area contributed by atoms with Crippen molar-refractivity contribution in [1.82, 2.24) is 14.6 Å². The number of carbonyl (C=O) groups excluding carboxylic acids is 1. The van der Waals surface area contributed by atoms with Gasteiger partial charge in [-0.1, -0.05) is 12.1 Å². The van der Waals surface area contributed by atoms with Crippen molar-refractivity contribution in [3.63, 3.8) is 0 Å². The van der Waals surface area contributed by atoms with Gasteiger partial charge in [0, 0.05) is 17.7 Å². The molecule has 28 heavy (non-hydrogen) atoms. The average molecular weight is 389 g/mol. The number of fused-ring (bicyclic) bond motifs is 1. The molecule has 0 aliphatic heterocycles. The maximum absolute atomic E-state index is 13.1. The Bertz CT molecular complexity index is 1070. The second-order valence-corrected chi connectivity index (χ2v) is 6.83. The lowest BCUT2D eigenvalue weighted by molar-refractivity contribution is -0.137. The Labute approximate surface area is 159 Å². The van der Waals surface area contributed by atoms with Crippen LogP contribution in [-0.2, 0) is 10.9 Å². The highest BCUT2D eigenvalue weighted by atomic mass is 19.4. The second kappa shape index (κ2) is 6.61. The van der Waals surface area contributed by atoms with Crippen LogP contribution in [0.2, 0.25) is 0 Å². The molecule has 1 fully saturated rings. The molecule has 2 heterocycles. The number of alkyl halides is 3. The van der Waals surface area contributed by atoms with E-state index >= 15 is 0 Å². The van der Waals surface area contributed by atoms with Crippen molar-refractivity contribution in [3.05, 3.63) is 53.0 Å². The molecule has 0 unspecified atom stereocenters. The molecule has 0 amide bonds. The van der Waals surface area contributed by atoms with Crippen LogP contribution in [0.4, 0.5) is 13.2 Å². The maximum Gasteiger partial charge on any atom is 0.416 e. The molecule has 0 spiro atoms. The summed E-state index contributed by atoms with van der Waals surface area (Å²) in [6.07, 6.45) is -1.15. The molecule has 8 heteroatoms. The largest absolute Gasteiger partial charge is 0.462 e. The number of aryl methyl sites for hydroxylation is 1. The fourth-order valence-electron chi connectivity index (χ4n) is 3.41. The lowest BCUT2D eigenvalue weighted by Crippen LogP contribution is -2.13. The minimum absolute atomic E-state index is 0.165. The van der Waals surface area contributed by atoms with Gasteiger partial charge in [0.05, 0.1) is 29.1 Å². The number of benzene rings is 1. The predicted octanol–water partition coefficient (Wildman–Crippen LogP) is 4.78. The van der Waals surface area contributed by atoms with Crippen molar-refractivity contribution in [2.45, 2.75) is 38.8 Å². The molecule has 0 atom stereocenters. The average Bonchev–Trinajstić information content (AvgIpc) is 3.42. The molecule has 0 saturated heterocycles. The van der Waals surface area contributed by atoms with Crippen molar-refractivity contribution in [1.29, 1.82) is 0 Å². The smallest absolute Gasteiger partial charge is 0.416 e. The third-order valence-electron chi connectivity index (χ3n) is 4.79. The number of hydrogen-bond acceptors (Lipinski definition) is 4. The predicted molar refractivity (Wildman–Crippen MR) is 96.1 cm³/mol. The number of hydrogen-bond donors (Lipinski definition) is 0. The zero-order valence-electron chi connectivity index (χ0n) is 15.4. The molecule has 5 nitrogen and oxygen atoms in total. The SMILES string of the molecule is CCOC(=O)c1cnc2c(-c3cccc(C(F)(F)F)c3)c(C)nn2c1C1CC1. The van der Waals surface area contributed by atoms with E-state index in [1.54, 1.807) is 24.4 Å². The van der Waals surface area contributed by atoms with E-state index in [1.165, 1.54) is 12.3 Å². The summed E-state index contributed by atoms with van der Waals surface area (Å²) in [5, 5.41) is 4.51. The van der Waals surface area contributed by atoms with E-state index in [-0.39, 0.29) is 12.5 Å². The van der Waals surface area contributed by atoms with Crippen LogP contribution in [0.15, 0.2) is 30.5 Å². The second-order valence-electron chi connectivity index (χ2n) is 6.83. The first-order valence-corrected chi connectivity index (χ1v) is 9.04. The van der Waals surface area contributed by atoms with Gasteiger partial charge in [-0.05, 0) is 44.4 Å². The topological polar surface area (TPSA) is 56.5 Å². The quantitative estimate of drug-likeness (QED) is 0.603. The summed E-state index contributed by atoms with van der Waals surface area (Å²) in [6.45, 7) is 3.70. The third-order valence-corrected chi connectivity index (χ3v) is 4.79. The van der Waals surface area contributed by atoms with Crippen LogP contribution in [0.3, 0.4) is 0 Å². The van der Waals surface area contributed by atoms with Crippen LogP contribution < -0.4 is 0 Å². The number of halogens is 3. The lowest BCUT2D eigenvalue weighted by Gasteiger charge is -2.11. The Morgan fingerprint density at radius 3 is 2.71 bits per heavy atom. The van der Waals surface area contributed by atoms with Crippen molar-refractivity contribution >= 4 is 11.6 Å². The molecule has 146 valence electrons. The minimum atomic E-state index is -4.43. The molecule has 1 aliphatic carbocycles. The fraction of sp³-hybridized carbons (Fsp3) is 0.350. The van der Waals surface area contributed by atoms with E-state index in [1.807, 2.05) is 0 Å². The van der Waals surface area contributed by atoms with Crippen LogP contribution in [0.25, 0.3) is 16.8 Å². The summed E-state index contributed by atoms with van der Waals surface area (Å²) in [5.74, 6) is -0.300. The zero-order chi connectivity index (χ0) is 20.1. The van der Waals surface area contributed by atoms with Gasteiger partial charge < -0.3 is 4.74 Å². The highest BCUT2D eigenvalue weighted by Crippen LogP contribution is 2.43. The molecular formula is C20H18F3N3O2. The molecule has 1 aliphatic rings. The standard InChI is InChI=1S/C20H18F3N3O2/c1-3-28-19(27)15-10-24-18-16(11(2)25-26(18)17(15)12-7-8-12)13-5-4-6-14(9-13)20(21,22)23/h4-6,9-10,12H,3,7-8H2,1-2H3. The van der Waals surface area contributed by atoms with E-state index in [4.69, 9.17) is 4.74 Å². The van der Waals surface area contributed by atoms with Crippen molar-refractivity contribution in [2.24, 2.45) is 0 Å². The Kier molecular flexibility index (Phi) is 4.36. The third kappa shape index (κ3) is 3.12. The molecule has 1 aromatic carbocycles. The number of esters is 1. The van der Waals surface area contributed by atoms with Gasteiger partial charge in [0.15, 0.2) is 5.65 Å². The Hall–Kier alpha value is -2.90. The van der Waals surface area contributed by atoms with Crippen LogP contribution in [0, 0.1) is 6.92 Å². The number of rotatable bonds is 4. The molecule has 2 aromatic heterocycles. The maximum atomic E-state index is 13.1. The molecule has 4 rings (SSSR count). The van der Waals surface area contributed by atoms with Gasteiger partial charge in [-0.25, -0.2) is 14.3 Å². The Balaban J connectivity index is 1.92. The first-order valence-electron chi connectivity index (χ1n) is 9.04. The van der Waals surface area contributed by atoms with Crippen LogP contribution in [-0.4, -0.2) is 27.2 Å². The van der Waals surface area contributed by atoms with Gasteiger partial charge in [-0.2, -0.15) is 18.3 Å². The van der Waals surface area contributed by atoms with Gasteiger partial charge in [0.1, 0.15) is 0 Å². The summed E-state index contributed by atoms with van der Waals surface area (Å²) in [6, 6.07) is 5.11. The molecule has 1 saturated carbocycles. The van der Waals surface area contributed by atoms with Crippen molar-refractivity contribution in [2.75, 3.05) is 6.61 Å². The van der Waals surface area contributed by atoms with Crippen molar-refractivity contribution < 1.29 is 22.7 Å². The van der Waals surface area contributed by atoms with Crippen LogP contribution >= 0.6 is 0 Å². The molecule has 0 radical (unpaired) electrons. The lowest BCUT2D eigenvalue weighted by atomic mass is 10.0.